The van der Waals surface area contributed by atoms with Gasteiger partial charge in [-0.25, -0.2) is 9.79 Å². The Morgan fingerprint density at radius 3 is 2.82 bits per heavy atom. The molecule has 1 aromatic carbocycles. The molecule has 1 unspecified atom stereocenters. The van der Waals surface area contributed by atoms with Gasteiger partial charge in [-0.2, -0.15) is 0 Å². The topological polar surface area (TPSA) is 84.1 Å². The van der Waals surface area contributed by atoms with Crippen LogP contribution in [-0.4, -0.2) is 28.6 Å². The van der Waals surface area contributed by atoms with Gasteiger partial charge in [0, 0.05) is 5.70 Å². The van der Waals surface area contributed by atoms with Crippen molar-refractivity contribution < 1.29 is 18.7 Å². The molecule has 0 spiro atoms. The molecular weight excluding hydrogens is 438 g/mol. The van der Waals surface area contributed by atoms with Crippen molar-refractivity contribution in [3.05, 3.63) is 94.6 Å². The van der Waals surface area contributed by atoms with Gasteiger partial charge in [0.15, 0.2) is 5.17 Å². The number of allylic oxidation sites excluding steroid dienone is 1. The number of fused-ring (bicyclic) bond motifs is 1. The van der Waals surface area contributed by atoms with Crippen LogP contribution in [0.2, 0.25) is 0 Å². The summed E-state index contributed by atoms with van der Waals surface area (Å²) in [4.78, 5) is 32.4. The number of rotatable bonds is 8. The minimum absolute atomic E-state index is 0.110. The first-order valence-corrected chi connectivity index (χ1v) is 11.4. The molecule has 1 amide bonds. The Balaban J connectivity index is 1.64. The summed E-state index contributed by atoms with van der Waals surface area (Å²) in [6.45, 7) is 7.87. The second kappa shape index (κ2) is 9.95. The Morgan fingerprint density at radius 2 is 2.09 bits per heavy atom. The lowest BCUT2D eigenvalue weighted by Crippen LogP contribution is -2.38. The monoisotopic (exact) mass is 463 g/mol. The van der Waals surface area contributed by atoms with Crippen LogP contribution >= 0.6 is 11.8 Å². The lowest BCUT2D eigenvalue weighted by molar-refractivity contribution is -0.138. The maximum atomic E-state index is 13.1. The van der Waals surface area contributed by atoms with Crippen molar-refractivity contribution in [3.8, 4) is 0 Å². The van der Waals surface area contributed by atoms with E-state index in [0.29, 0.717) is 23.6 Å². The lowest BCUT2D eigenvalue weighted by Gasteiger charge is -2.37. The minimum Gasteiger partial charge on any atom is -0.467 e. The smallest absolute Gasteiger partial charge is 0.338 e. The quantitative estimate of drug-likeness (QED) is 0.455. The fraction of sp³-hybridized carbons (Fsp3) is 0.240. The Morgan fingerprint density at radius 1 is 1.27 bits per heavy atom. The molecule has 33 heavy (non-hydrogen) atoms. The van der Waals surface area contributed by atoms with Crippen LogP contribution in [0, 0.1) is 6.92 Å². The number of aryl methyl sites for hydroxylation is 1. The van der Waals surface area contributed by atoms with E-state index in [0.717, 1.165) is 22.0 Å². The maximum absolute atomic E-state index is 13.1. The summed E-state index contributed by atoms with van der Waals surface area (Å²) in [6, 6.07) is 11.0. The number of furan rings is 1. The number of hydrogen-bond acceptors (Lipinski definition) is 7. The van der Waals surface area contributed by atoms with E-state index in [9.17, 15) is 9.59 Å². The lowest BCUT2D eigenvalue weighted by atomic mass is 9.91. The van der Waals surface area contributed by atoms with Gasteiger partial charge in [0.25, 0.3) is 0 Å². The highest BCUT2D eigenvalue weighted by Crippen LogP contribution is 2.45. The zero-order chi connectivity index (χ0) is 23.4. The third-order valence-corrected chi connectivity index (χ3v) is 6.31. The number of amidine groups is 1. The highest BCUT2D eigenvalue weighted by Gasteiger charge is 2.41. The number of amides is 1. The van der Waals surface area contributed by atoms with Crippen molar-refractivity contribution in [2.24, 2.45) is 4.99 Å². The second-order valence-corrected chi connectivity index (χ2v) is 8.51. The molecule has 0 aliphatic carbocycles. The highest BCUT2D eigenvalue weighted by atomic mass is 32.2. The fourth-order valence-corrected chi connectivity index (χ4v) is 4.82. The van der Waals surface area contributed by atoms with Gasteiger partial charge in [0.1, 0.15) is 12.4 Å². The van der Waals surface area contributed by atoms with E-state index in [1.807, 2.05) is 54.5 Å². The summed E-state index contributed by atoms with van der Waals surface area (Å²) in [5, 5.41) is 5.53. The fourth-order valence-electron chi connectivity index (χ4n) is 3.86. The third kappa shape index (κ3) is 4.80. The van der Waals surface area contributed by atoms with E-state index in [4.69, 9.17) is 9.15 Å². The van der Waals surface area contributed by atoms with Gasteiger partial charge >= 0.3 is 5.97 Å². The van der Waals surface area contributed by atoms with Crippen LogP contribution in [0.5, 0.6) is 0 Å². The van der Waals surface area contributed by atoms with Crippen molar-refractivity contribution in [2.75, 3.05) is 6.61 Å². The first-order chi connectivity index (χ1) is 16.0. The maximum Gasteiger partial charge on any atom is 0.338 e. The number of thioether (sulfide) groups is 1. The molecule has 1 atom stereocenters. The molecule has 8 heteroatoms. The van der Waals surface area contributed by atoms with Crippen molar-refractivity contribution in [3.63, 3.8) is 0 Å². The van der Waals surface area contributed by atoms with E-state index < -0.39 is 12.0 Å². The molecule has 0 saturated heterocycles. The van der Waals surface area contributed by atoms with Gasteiger partial charge in [-0.15, -0.1) is 0 Å². The van der Waals surface area contributed by atoms with Crippen molar-refractivity contribution in [1.29, 1.82) is 0 Å². The van der Waals surface area contributed by atoms with Crippen LogP contribution in [0.1, 0.15) is 36.3 Å². The molecule has 3 heterocycles. The molecule has 2 aromatic rings. The molecular formula is C25H25N3O4S. The molecule has 0 fully saturated rings. The van der Waals surface area contributed by atoms with E-state index in [1.54, 1.807) is 12.3 Å². The number of esters is 1. The van der Waals surface area contributed by atoms with E-state index >= 15 is 0 Å². The van der Waals surface area contributed by atoms with E-state index in [-0.39, 0.29) is 18.9 Å². The van der Waals surface area contributed by atoms with Gasteiger partial charge in [-0.1, -0.05) is 48.7 Å². The van der Waals surface area contributed by atoms with Gasteiger partial charge < -0.3 is 19.4 Å². The molecule has 0 bridgehead atoms. The van der Waals surface area contributed by atoms with Gasteiger partial charge in [0.2, 0.25) is 5.91 Å². The first kappa shape index (κ1) is 22.7. The average Bonchev–Trinajstić information content (AvgIpc) is 3.46. The number of benzene rings is 1. The SMILES string of the molecule is C=CCOC(=O)C1=C(C)N=C2SC=C(CC(=O)NCc3ccco3)N2C1c1ccccc1C. The molecule has 0 saturated carbocycles. The first-order valence-electron chi connectivity index (χ1n) is 10.6. The number of hydrogen-bond donors (Lipinski definition) is 1. The summed E-state index contributed by atoms with van der Waals surface area (Å²) >= 11 is 1.44. The van der Waals surface area contributed by atoms with Crippen molar-refractivity contribution in [2.45, 2.75) is 32.9 Å². The standard InChI is InChI=1S/C25H25N3O4S/c1-4-11-32-24(30)22-17(3)27-25-28(23(22)20-10-6-5-8-16(20)2)18(15-33-25)13-21(29)26-14-19-9-7-12-31-19/h4-10,12,15,23H,1,11,13-14H2,2-3H3,(H,26,29). The molecule has 4 rings (SSSR count). The Labute approximate surface area is 196 Å². The Bertz CT molecular complexity index is 1160. The molecule has 1 aromatic heterocycles. The van der Waals surface area contributed by atoms with Crippen LogP contribution < -0.4 is 5.32 Å². The predicted octanol–water partition coefficient (Wildman–Crippen LogP) is 4.60. The molecule has 1 N–H and O–H groups in total. The summed E-state index contributed by atoms with van der Waals surface area (Å²) in [5.41, 5.74) is 3.82. The Hall–Kier alpha value is -3.52. The normalized spacial score (nSPS) is 17.3. The van der Waals surface area contributed by atoms with Crippen LogP contribution in [0.25, 0.3) is 0 Å². The van der Waals surface area contributed by atoms with Crippen LogP contribution in [0.15, 0.2) is 87.1 Å². The number of nitrogens with zero attached hydrogens (tertiary/aromatic N) is 2. The zero-order valence-corrected chi connectivity index (χ0v) is 19.4. The number of ether oxygens (including phenoxy) is 1. The molecule has 7 nitrogen and oxygen atoms in total. The molecule has 2 aliphatic rings. The van der Waals surface area contributed by atoms with E-state index in [1.165, 1.54) is 17.8 Å². The van der Waals surface area contributed by atoms with Crippen LogP contribution in [0.4, 0.5) is 0 Å². The summed E-state index contributed by atoms with van der Waals surface area (Å²) in [6.07, 6.45) is 3.25. The van der Waals surface area contributed by atoms with Gasteiger partial charge in [-0.3, -0.25) is 4.79 Å². The summed E-state index contributed by atoms with van der Waals surface area (Å²) in [7, 11) is 0. The third-order valence-electron chi connectivity index (χ3n) is 5.42. The number of carbonyl (C=O) groups is 2. The molecule has 0 radical (unpaired) electrons. The summed E-state index contributed by atoms with van der Waals surface area (Å²) in [5.74, 6) is 0.0917. The number of aliphatic imine (C=N–C) groups is 1. The van der Waals surface area contributed by atoms with Crippen LogP contribution in [0.3, 0.4) is 0 Å². The molecule has 2 aliphatic heterocycles. The number of carbonyl (C=O) groups excluding carboxylic acids is 2. The van der Waals surface area contributed by atoms with Crippen molar-refractivity contribution >= 4 is 28.8 Å². The molecule has 170 valence electrons. The minimum atomic E-state index is -0.449. The zero-order valence-electron chi connectivity index (χ0n) is 18.5. The number of nitrogens with one attached hydrogen (secondary N) is 1. The average molecular weight is 464 g/mol. The highest BCUT2D eigenvalue weighted by molar-refractivity contribution is 8.16. The van der Waals surface area contributed by atoms with Crippen LogP contribution in [-0.2, 0) is 20.9 Å². The van der Waals surface area contributed by atoms with E-state index in [2.05, 4.69) is 16.9 Å². The van der Waals surface area contributed by atoms with Gasteiger partial charge in [-0.05, 0) is 42.5 Å². The second-order valence-electron chi connectivity index (χ2n) is 7.67. The summed E-state index contributed by atoms with van der Waals surface area (Å²) < 4.78 is 10.7. The van der Waals surface area contributed by atoms with Crippen molar-refractivity contribution in [1.82, 2.24) is 10.2 Å². The van der Waals surface area contributed by atoms with Gasteiger partial charge in [0.05, 0.1) is 36.5 Å². The Kier molecular flexibility index (Phi) is 6.84. The largest absolute Gasteiger partial charge is 0.467 e. The predicted molar refractivity (Wildman–Crippen MR) is 128 cm³/mol.